The molecule has 16 heavy (non-hydrogen) atoms. The number of benzene rings is 1. The summed E-state index contributed by atoms with van der Waals surface area (Å²) in [6, 6.07) is 9.66. The highest BCUT2D eigenvalue weighted by molar-refractivity contribution is 5.97. The Morgan fingerprint density at radius 3 is 2.69 bits per heavy atom. The van der Waals surface area contributed by atoms with Crippen molar-refractivity contribution >= 4 is 11.8 Å². The molecule has 1 saturated carbocycles. The van der Waals surface area contributed by atoms with E-state index in [4.69, 9.17) is 0 Å². The van der Waals surface area contributed by atoms with Gasteiger partial charge in [-0.2, -0.15) is 0 Å². The van der Waals surface area contributed by atoms with Gasteiger partial charge in [0, 0.05) is 0 Å². The molecule has 0 unspecified atom stereocenters. The summed E-state index contributed by atoms with van der Waals surface area (Å²) in [4.78, 5) is 23.3. The zero-order chi connectivity index (χ0) is 11.1. The number of hydrogen-bond donors (Lipinski definition) is 1. The molecule has 1 heterocycles. The molecule has 4 nitrogen and oxygen atoms in total. The van der Waals surface area contributed by atoms with E-state index in [-0.39, 0.29) is 23.7 Å². The van der Waals surface area contributed by atoms with Crippen LogP contribution in [0.1, 0.15) is 12.0 Å². The van der Waals surface area contributed by atoms with Gasteiger partial charge in [-0.15, -0.1) is 0 Å². The molecule has 1 aliphatic carbocycles. The summed E-state index contributed by atoms with van der Waals surface area (Å²) in [6.45, 7) is 0.453. The summed E-state index contributed by atoms with van der Waals surface area (Å²) in [5.74, 6) is -0.0778. The Morgan fingerprint density at radius 2 is 1.94 bits per heavy atom. The molecule has 1 saturated heterocycles. The Labute approximate surface area is 93.2 Å². The van der Waals surface area contributed by atoms with E-state index in [0.717, 1.165) is 12.0 Å². The highest BCUT2D eigenvalue weighted by atomic mass is 16.2. The molecule has 1 N–H and O–H groups in total. The lowest BCUT2D eigenvalue weighted by Gasteiger charge is -2.26. The van der Waals surface area contributed by atoms with Crippen LogP contribution in [0.2, 0.25) is 0 Å². The Balaban J connectivity index is 1.75. The molecule has 82 valence electrons. The number of rotatable bonds is 2. The van der Waals surface area contributed by atoms with Gasteiger partial charge in [0.25, 0.3) is 0 Å². The zero-order valence-electron chi connectivity index (χ0n) is 8.72. The first-order valence-corrected chi connectivity index (χ1v) is 5.41. The summed E-state index contributed by atoms with van der Waals surface area (Å²) in [6.07, 6.45) is 0.718. The van der Waals surface area contributed by atoms with Crippen LogP contribution in [0.4, 0.5) is 0 Å². The Hall–Kier alpha value is -1.84. The molecule has 2 amide bonds. The lowest BCUT2D eigenvalue weighted by Crippen LogP contribution is -2.51. The van der Waals surface area contributed by atoms with E-state index in [1.54, 1.807) is 0 Å². The fourth-order valence-corrected chi connectivity index (χ4v) is 2.11. The van der Waals surface area contributed by atoms with Crippen molar-refractivity contribution in [3.05, 3.63) is 35.9 Å². The average molecular weight is 216 g/mol. The van der Waals surface area contributed by atoms with Crippen LogP contribution < -0.4 is 5.43 Å². The third-order valence-electron chi connectivity index (χ3n) is 3.14. The molecule has 3 rings (SSSR count). The van der Waals surface area contributed by atoms with Crippen molar-refractivity contribution in [2.75, 3.05) is 0 Å². The first kappa shape index (κ1) is 9.39. The lowest BCUT2D eigenvalue weighted by molar-refractivity contribution is -0.148. The number of amides is 2. The van der Waals surface area contributed by atoms with Crippen molar-refractivity contribution < 1.29 is 9.59 Å². The van der Waals surface area contributed by atoms with E-state index in [1.807, 2.05) is 30.3 Å². The summed E-state index contributed by atoms with van der Waals surface area (Å²) in [5, 5.41) is 1.44. The minimum Gasteiger partial charge on any atom is -0.273 e. The van der Waals surface area contributed by atoms with Crippen molar-refractivity contribution in [2.45, 2.75) is 13.0 Å². The molecule has 2 fully saturated rings. The molecule has 0 aromatic heterocycles. The van der Waals surface area contributed by atoms with Gasteiger partial charge in [0.1, 0.15) is 0 Å². The number of fused-ring (bicyclic) bond motifs is 1. The SMILES string of the molecule is O=C1NN(Cc2ccccc2)C(=O)[C@H]2C[C@@H]12. The fraction of sp³-hybridized carbons (Fsp3) is 0.333. The van der Waals surface area contributed by atoms with Gasteiger partial charge >= 0.3 is 0 Å². The normalized spacial score (nSPS) is 27.4. The average Bonchev–Trinajstić information content (AvgIpc) is 3.07. The topological polar surface area (TPSA) is 49.4 Å². The maximum absolute atomic E-state index is 11.8. The largest absolute Gasteiger partial charge is 0.273 e. The van der Waals surface area contributed by atoms with E-state index in [2.05, 4.69) is 5.43 Å². The summed E-state index contributed by atoms with van der Waals surface area (Å²) >= 11 is 0. The molecular formula is C12H12N2O2. The van der Waals surface area contributed by atoms with Gasteiger partial charge in [-0.3, -0.25) is 15.0 Å². The fourth-order valence-electron chi connectivity index (χ4n) is 2.11. The van der Waals surface area contributed by atoms with Crippen LogP contribution >= 0.6 is 0 Å². The minimum absolute atomic E-state index is 0.0134. The second-order valence-corrected chi connectivity index (χ2v) is 4.33. The third kappa shape index (κ3) is 1.46. The van der Waals surface area contributed by atoms with Crippen LogP contribution in [0.3, 0.4) is 0 Å². The van der Waals surface area contributed by atoms with Gasteiger partial charge in [-0.25, -0.2) is 5.01 Å². The molecule has 1 aromatic carbocycles. The van der Waals surface area contributed by atoms with Crippen molar-refractivity contribution in [2.24, 2.45) is 11.8 Å². The van der Waals surface area contributed by atoms with Crippen molar-refractivity contribution in [1.82, 2.24) is 10.4 Å². The van der Waals surface area contributed by atoms with Crippen molar-refractivity contribution in [3.8, 4) is 0 Å². The third-order valence-corrected chi connectivity index (χ3v) is 3.14. The van der Waals surface area contributed by atoms with E-state index in [9.17, 15) is 9.59 Å². The van der Waals surface area contributed by atoms with Gasteiger partial charge in [0.2, 0.25) is 11.8 Å². The van der Waals surface area contributed by atoms with E-state index in [0.29, 0.717) is 6.54 Å². The summed E-state index contributed by atoms with van der Waals surface area (Å²) in [7, 11) is 0. The predicted molar refractivity (Wildman–Crippen MR) is 56.7 cm³/mol. The van der Waals surface area contributed by atoms with Crippen molar-refractivity contribution in [3.63, 3.8) is 0 Å². The Morgan fingerprint density at radius 1 is 1.19 bits per heavy atom. The molecule has 0 bridgehead atoms. The highest BCUT2D eigenvalue weighted by Gasteiger charge is 2.53. The van der Waals surface area contributed by atoms with Crippen LogP contribution in [-0.2, 0) is 16.1 Å². The van der Waals surface area contributed by atoms with Crippen LogP contribution in [0.25, 0.3) is 0 Å². The number of nitrogens with zero attached hydrogens (tertiary/aromatic N) is 1. The molecule has 4 heteroatoms. The highest BCUT2D eigenvalue weighted by Crippen LogP contribution is 2.42. The molecule has 1 aliphatic heterocycles. The second-order valence-electron chi connectivity index (χ2n) is 4.33. The monoisotopic (exact) mass is 216 g/mol. The van der Waals surface area contributed by atoms with Gasteiger partial charge < -0.3 is 0 Å². The predicted octanol–water partition coefficient (Wildman–Crippen LogP) is 0.696. The number of carbonyl (C=O) groups is 2. The molecule has 2 aliphatic rings. The van der Waals surface area contributed by atoms with Crippen LogP contribution in [0, 0.1) is 11.8 Å². The minimum atomic E-state index is -0.0579. The van der Waals surface area contributed by atoms with E-state index < -0.39 is 0 Å². The standard InChI is InChI=1S/C12H12N2O2/c15-11-9-6-10(9)12(16)14(13-11)7-8-4-2-1-3-5-8/h1-5,9-10H,6-7H2,(H,13,15)/t9-,10+/m1/s1. The van der Waals surface area contributed by atoms with Crippen LogP contribution in [0.15, 0.2) is 30.3 Å². The molecule has 0 radical (unpaired) electrons. The zero-order valence-corrected chi connectivity index (χ0v) is 8.72. The van der Waals surface area contributed by atoms with Crippen molar-refractivity contribution in [1.29, 1.82) is 0 Å². The maximum Gasteiger partial charge on any atom is 0.245 e. The lowest BCUT2D eigenvalue weighted by atomic mass is 10.2. The van der Waals surface area contributed by atoms with Gasteiger partial charge in [0.15, 0.2) is 0 Å². The Kier molecular flexibility index (Phi) is 1.96. The number of hydrazine groups is 1. The molecule has 2 atom stereocenters. The first-order valence-electron chi connectivity index (χ1n) is 5.41. The second kappa shape index (κ2) is 3.33. The molecular weight excluding hydrogens is 204 g/mol. The van der Waals surface area contributed by atoms with Crippen LogP contribution in [0.5, 0.6) is 0 Å². The van der Waals surface area contributed by atoms with E-state index in [1.165, 1.54) is 5.01 Å². The summed E-state index contributed by atoms with van der Waals surface area (Å²) in [5.41, 5.74) is 3.67. The van der Waals surface area contributed by atoms with Crippen LogP contribution in [-0.4, -0.2) is 16.8 Å². The van der Waals surface area contributed by atoms with E-state index >= 15 is 0 Å². The molecule has 1 aromatic rings. The number of nitrogens with one attached hydrogen (secondary N) is 1. The maximum atomic E-state index is 11.8. The first-order chi connectivity index (χ1) is 7.75. The van der Waals surface area contributed by atoms with Gasteiger partial charge in [-0.1, -0.05) is 30.3 Å². The van der Waals surface area contributed by atoms with Gasteiger partial charge in [-0.05, 0) is 12.0 Å². The van der Waals surface area contributed by atoms with Gasteiger partial charge in [0.05, 0.1) is 18.4 Å². The smallest absolute Gasteiger partial charge is 0.245 e. The number of hydrogen-bond acceptors (Lipinski definition) is 2. The Bertz CT molecular complexity index is 444. The molecule has 0 spiro atoms. The summed E-state index contributed by atoms with van der Waals surface area (Å²) < 4.78 is 0. The number of carbonyl (C=O) groups excluding carboxylic acids is 2. The quantitative estimate of drug-likeness (QED) is 0.791.